The first-order valence-corrected chi connectivity index (χ1v) is 16.9. The lowest BCUT2D eigenvalue weighted by atomic mass is 9.82. The van der Waals surface area contributed by atoms with Gasteiger partial charge < -0.3 is 10.6 Å². The van der Waals surface area contributed by atoms with Gasteiger partial charge in [-0.05, 0) is 74.1 Å². The monoisotopic (exact) mass is 659 g/mol. The average Bonchev–Trinajstić information content (AvgIpc) is 2.97. The van der Waals surface area contributed by atoms with E-state index in [1.54, 1.807) is 36.4 Å². The van der Waals surface area contributed by atoms with Crippen LogP contribution in [-0.2, 0) is 21.2 Å². The van der Waals surface area contributed by atoms with E-state index in [1.807, 2.05) is 32.9 Å². The summed E-state index contributed by atoms with van der Waals surface area (Å²) in [6, 6.07) is 16.6. The fourth-order valence-electron chi connectivity index (χ4n) is 6.02. The van der Waals surface area contributed by atoms with Gasteiger partial charge >= 0.3 is 11.9 Å². The van der Waals surface area contributed by atoms with Crippen LogP contribution in [0.2, 0.25) is 10.0 Å². The van der Waals surface area contributed by atoms with Crippen LogP contribution in [0, 0.1) is 18.3 Å². The van der Waals surface area contributed by atoms with Gasteiger partial charge in [0.2, 0.25) is 10.0 Å². The third-order valence-electron chi connectivity index (χ3n) is 8.09. The molecule has 3 aromatic carbocycles. The van der Waals surface area contributed by atoms with Gasteiger partial charge in [0.15, 0.2) is 0 Å². The Morgan fingerprint density at radius 1 is 1.09 bits per heavy atom. The molecule has 0 spiro atoms. The molecule has 1 amide bonds. The van der Waals surface area contributed by atoms with Gasteiger partial charge in [0.05, 0.1) is 10.9 Å². The zero-order valence-electron chi connectivity index (χ0n) is 25.0. The second-order valence-electron chi connectivity index (χ2n) is 11.5. The molecule has 7 nitrogen and oxygen atoms in total. The molecule has 0 aromatic heterocycles. The summed E-state index contributed by atoms with van der Waals surface area (Å²) >= 11 is 12.3. The topological polar surface area (TPSA) is 82.9 Å². The quantitative estimate of drug-likeness (QED) is 0.228. The van der Waals surface area contributed by atoms with Crippen LogP contribution >= 0.6 is 23.2 Å². The average molecular weight is 661 g/mol. The number of sulfonamides is 1. The fourth-order valence-corrected chi connectivity index (χ4v) is 8.49. The molecule has 1 fully saturated rings. The highest BCUT2D eigenvalue weighted by molar-refractivity contribution is 7.89. The van der Waals surface area contributed by atoms with E-state index in [1.165, 1.54) is 22.5 Å². The number of hydrogen-bond acceptors (Lipinski definition) is 4. The Kier molecular flexibility index (Phi) is 11.4. The summed E-state index contributed by atoms with van der Waals surface area (Å²) < 4.78 is 44.1. The number of carbonyl (C=O) groups excluding carboxylic acids is 1. The maximum atomic E-state index is 15.2. The Hall–Kier alpha value is -3.00. The van der Waals surface area contributed by atoms with E-state index in [2.05, 4.69) is 15.5 Å². The molecule has 1 heterocycles. The highest BCUT2D eigenvalue weighted by atomic mass is 35.5. The van der Waals surface area contributed by atoms with E-state index in [4.69, 9.17) is 29.8 Å². The lowest BCUT2D eigenvalue weighted by Crippen LogP contribution is -2.58. The lowest BCUT2D eigenvalue weighted by molar-refractivity contribution is -0.117. The number of anilines is 1. The molecule has 11 heteroatoms. The van der Waals surface area contributed by atoms with Crippen molar-refractivity contribution in [3.8, 4) is 6.57 Å². The Morgan fingerprint density at radius 2 is 1.80 bits per heavy atom. The number of amides is 1. The highest BCUT2D eigenvalue weighted by Crippen LogP contribution is 2.33. The van der Waals surface area contributed by atoms with Gasteiger partial charge in [0, 0.05) is 41.4 Å². The van der Waals surface area contributed by atoms with Crippen molar-refractivity contribution in [3.63, 3.8) is 0 Å². The summed E-state index contributed by atoms with van der Waals surface area (Å²) in [7, 11) is -3.87. The summed E-state index contributed by atoms with van der Waals surface area (Å²) in [6.45, 7) is 12.5. The summed E-state index contributed by atoms with van der Waals surface area (Å²) in [4.78, 5) is 17.5. The molecule has 1 saturated heterocycles. The van der Waals surface area contributed by atoms with Crippen LogP contribution in [0.1, 0.15) is 50.7 Å². The molecular formula is C33H38Cl2FN4O3S+. The number of nitrogens with zero attached hydrogens (tertiary/aromatic N) is 2. The molecular weight excluding hydrogens is 622 g/mol. The Labute approximate surface area is 269 Å². The van der Waals surface area contributed by atoms with Gasteiger partial charge in [-0.15, -0.1) is 0 Å². The molecule has 0 saturated carbocycles. The lowest BCUT2D eigenvalue weighted by Gasteiger charge is -2.40. The minimum absolute atomic E-state index is 0.0164. The molecule has 1 aliphatic rings. The van der Waals surface area contributed by atoms with Crippen LogP contribution in [0.15, 0.2) is 71.6 Å². The second-order valence-corrected chi connectivity index (χ2v) is 14.1. The summed E-state index contributed by atoms with van der Waals surface area (Å²) in [6.07, 6.45) is 1.22. The smallest absolute Gasteiger partial charge is 0.319 e. The molecule has 234 valence electrons. The number of carbonyl (C=O) groups is 1. The fraction of sp³-hybridized carbons (Fsp3) is 0.394. The predicted octanol–water partition coefficient (Wildman–Crippen LogP) is 7.22. The minimum Gasteiger partial charge on any atom is -0.319 e. The highest BCUT2D eigenvalue weighted by Gasteiger charge is 2.41. The van der Waals surface area contributed by atoms with Crippen LogP contribution in [0.4, 0.5) is 10.1 Å². The summed E-state index contributed by atoms with van der Waals surface area (Å²) in [5.41, 5.74) is 1.53. The molecule has 4 unspecified atom stereocenters. The van der Waals surface area contributed by atoms with Crippen molar-refractivity contribution < 1.29 is 17.6 Å². The minimum atomic E-state index is -3.87. The van der Waals surface area contributed by atoms with Crippen LogP contribution in [0.25, 0.3) is 4.85 Å². The van der Waals surface area contributed by atoms with Crippen molar-refractivity contribution in [2.75, 3.05) is 18.4 Å². The van der Waals surface area contributed by atoms with E-state index in [-0.39, 0.29) is 40.3 Å². The van der Waals surface area contributed by atoms with Gasteiger partial charge in [-0.1, -0.05) is 72.2 Å². The molecule has 1 aliphatic heterocycles. The van der Waals surface area contributed by atoms with E-state index in [0.29, 0.717) is 42.2 Å². The molecule has 0 radical (unpaired) electrons. The molecule has 3 aromatic rings. The molecule has 4 atom stereocenters. The number of hydrogen-bond donors (Lipinski definition) is 2. The van der Waals surface area contributed by atoms with Crippen molar-refractivity contribution in [2.24, 2.45) is 5.92 Å². The SMILES string of the molecule is C#[N+]C(C(=O)Nc1cccc(F)c1CCCC1CNCC(C)N1S(=O)(=O)c1ccccc1Cl)C(c1ccc(Cl)cc1)C(C)C. The van der Waals surface area contributed by atoms with Crippen molar-refractivity contribution >= 4 is 44.8 Å². The number of halogens is 3. The van der Waals surface area contributed by atoms with Crippen LogP contribution in [0.5, 0.6) is 0 Å². The van der Waals surface area contributed by atoms with Crippen LogP contribution in [0.3, 0.4) is 0 Å². The zero-order valence-corrected chi connectivity index (χ0v) is 27.3. The maximum Gasteiger partial charge on any atom is 0.355 e. The molecule has 4 rings (SSSR count). The van der Waals surface area contributed by atoms with E-state index in [0.717, 1.165) is 5.56 Å². The third kappa shape index (κ3) is 7.61. The summed E-state index contributed by atoms with van der Waals surface area (Å²) in [5.74, 6) is -1.23. The van der Waals surface area contributed by atoms with Crippen molar-refractivity contribution in [1.82, 2.24) is 9.62 Å². The first-order chi connectivity index (χ1) is 20.9. The maximum absolute atomic E-state index is 15.2. The van der Waals surface area contributed by atoms with E-state index < -0.39 is 27.8 Å². The van der Waals surface area contributed by atoms with Gasteiger partial charge in [-0.25, -0.2) is 12.8 Å². The Morgan fingerprint density at radius 3 is 2.45 bits per heavy atom. The normalized spacial score (nSPS) is 18.9. The van der Waals surface area contributed by atoms with Gasteiger partial charge in [-0.2, -0.15) is 4.31 Å². The Balaban J connectivity index is 1.51. The van der Waals surface area contributed by atoms with Crippen LogP contribution in [-0.4, -0.2) is 49.8 Å². The molecule has 2 N–H and O–H groups in total. The van der Waals surface area contributed by atoms with Gasteiger partial charge in [-0.3, -0.25) is 4.79 Å². The number of nitrogens with one attached hydrogen (secondary N) is 2. The van der Waals surface area contributed by atoms with Crippen molar-refractivity contribution in [2.45, 2.75) is 69.0 Å². The first-order valence-electron chi connectivity index (χ1n) is 14.7. The predicted molar refractivity (Wildman–Crippen MR) is 176 cm³/mol. The zero-order chi connectivity index (χ0) is 32.0. The number of rotatable bonds is 11. The van der Waals surface area contributed by atoms with Gasteiger partial charge in [0.1, 0.15) is 10.7 Å². The number of benzene rings is 3. The molecule has 0 bridgehead atoms. The van der Waals surface area contributed by atoms with Crippen molar-refractivity contribution in [3.05, 3.63) is 98.6 Å². The Bertz CT molecular complexity index is 1610. The molecule has 44 heavy (non-hydrogen) atoms. The summed E-state index contributed by atoms with van der Waals surface area (Å²) in [5, 5.41) is 6.92. The van der Waals surface area contributed by atoms with Crippen LogP contribution < -0.4 is 10.6 Å². The second kappa shape index (κ2) is 14.9. The first kappa shape index (κ1) is 33.9. The standard InChI is InChI=1S/C33H37Cl2FN4O3S/c1-21(2)31(23-15-17-24(34)18-16-23)32(37-4)33(41)39-29-13-8-12-28(36)26(29)10-7-9-25-20-38-19-22(3)40(25)44(42,43)30-14-6-5-11-27(30)35/h4-6,8,11-18,21-22,25,31-32,38H,7,9-10,19-20H2,1-3H3/p+1. The van der Waals surface area contributed by atoms with Gasteiger partial charge in [0.25, 0.3) is 6.57 Å². The van der Waals surface area contributed by atoms with E-state index in [9.17, 15) is 13.2 Å². The number of piperazine rings is 1. The third-order valence-corrected chi connectivity index (χ3v) is 10.9. The van der Waals surface area contributed by atoms with Crippen molar-refractivity contribution in [1.29, 1.82) is 0 Å². The molecule has 0 aliphatic carbocycles. The largest absolute Gasteiger partial charge is 0.355 e. The van der Waals surface area contributed by atoms with E-state index >= 15 is 4.39 Å².